The standard InChI is InChI=1S/C16H26N2O2/c1-5-8-18(10-9-17(3)4)12-15-11-14(13(2)19)6-7-16(15)20/h6-7,11,20H,5,8-10,12H2,1-4H3. The van der Waals surface area contributed by atoms with Gasteiger partial charge in [-0.25, -0.2) is 0 Å². The Balaban J connectivity index is 2.81. The van der Waals surface area contributed by atoms with Crippen LogP contribution >= 0.6 is 0 Å². The molecule has 0 unspecified atom stereocenters. The van der Waals surface area contributed by atoms with Gasteiger partial charge in [0, 0.05) is 30.8 Å². The molecule has 0 bridgehead atoms. The molecule has 0 aliphatic heterocycles. The van der Waals surface area contributed by atoms with Crippen LogP contribution in [0.25, 0.3) is 0 Å². The Bertz CT molecular complexity index is 444. The van der Waals surface area contributed by atoms with E-state index in [1.165, 1.54) is 0 Å². The summed E-state index contributed by atoms with van der Waals surface area (Å²) in [5.41, 5.74) is 1.48. The molecule has 1 rings (SSSR count). The van der Waals surface area contributed by atoms with E-state index in [9.17, 15) is 9.90 Å². The molecule has 0 atom stereocenters. The van der Waals surface area contributed by atoms with Gasteiger partial charge >= 0.3 is 0 Å². The van der Waals surface area contributed by atoms with Crippen molar-refractivity contribution in [1.82, 2.24) is 9.80 Å². The van der Waals surface area contributed by atoms with Gasteiger partial charge in [0.15, 0.2) is 5.78 Å². The lowest BCUT2D eigenvalue weighted by atomic mass is 10.1. The van der Waals surface area contributed by atoms with E-state index in [1.807, 2.05) is 0 Å². The zero-order valence-corrected chi connectivity index (χ0v) is 13.0. The lowest BCUT2D eigenvalue weighted by Gasteiger charge is -2.24. The summed E-state index contributed by atoms with van der Waals surface area (Å²) in [6, 6.07) is 5.09. The Morgan fingerprint density at radius 3 is 2.45 bits per heavy atom. The van der Waals surface area contributed by atoms with Crippen molar-refractivity contribution in [2.45, 2.75) is 26.8 Å². The third-order valence-electron chi connectivity index (χ3n) is 3.28. The molecule has 0 heterocycles. The van der Waals surface area contributed by atoms with Crippen molar-refractivity contribution in [2.75, 3.05) is 33.7 Å². The molecule has 0 aromatic heterocycles. The fraction of sp³-hybridized carbons (Fsp3) is 0.562. The maximum Gasteiger partial charge on any atom is 0.159 e. The van der Waals surface area contributed by atoms with Crippen LogP contribution in [0, 0.1) is 0 Å². The van der Waals surface area contributed by atoms with Gasteiger partial charge in [0.25, 0.3) is 0 Å². The summed E-state index contributed by atoms with van der Waals surface area (Å²) in [6.07, 6.45) is 1.07. The van der Waals surface area contributed by atoms with Gasteiger partial charge in [-0.3, -0.25) is 9.69 Å². The van der Waals surface area contributed by atoms with Crippen molar-refractivity contribution in [3.63, 3.8) is 0 Å². The second-order valence-corrected chi connectivity index (χ2v) is 5.48. The van der Waals surface area contributed by atoms with Gasteiger partial charge in [-0.2, -0.15) is 0 Å². The number of nitrogens with zero attached hydrogens (tertiary/aromatic N) is 2. The van der Waals surface area contributed by atoms with Crippen LogP contribution in [0.2, 0.25) is 0 Å². The van der Waals surface area contributed by atoms with E-state index < -0.39 is 0 Å². The number of phenolic OH excluding ortho intramolecular Hbond substituents is 1. The number of likely N-dealkylation sites (N-methyl/N-ethyl adjacent to an activating group) is 1. The summed E-state index contributed by atoms with van der Waals surface area (Å²) in [4.78, 5) is 15.9. The average Bonchev–Trinajstić information content (AvgIpc) is 2.38. The maximum absolute atomic E-state index is 11.4. The van der Waals surface area contributed by atoms with Crippen molar-refractivity contribution >= 4 is 5.78 Å². The number of carbonyl (C=O) groups is 1. The van der Waals surface area contributed by atoms with Gasteiger partial charge in [-0.05, 0) is 52.2 Å². The molecule has 20 heavy (non-hydrogen) atoms. The Morgan fingerprint density at radius 1 is 1.20 bits per heavy atom. The third-order valence-corrected chi connectivity index (χ3v) is 3.28. The quantitative estimate of drug-likeness (QED) is 0.741. The third kappa shape index (κ3) is 5.31. The molecule has 0 radical (unpaired) electrons. The van der Waals surface area contributed by atoms with E-state index >= 15 is 0 Å². The van der Waals surface area contributed by atoms with Crippen LogP contribution in [-0.4, -0.2) is 54.4 Å². The van der Waals surface area contributed by atoms with Crippen molar-refractivity contribution < 1.29 is 9.90 Å². The Kier molecular flexibility index (Phi) is 6.68. The molecule has 0 aliphatic carbocycles. The van der Waals surface area contributed by atoms with Crippen LogP contribution in [-0.2, 0) is 6.54 Å². The average molecular weight is 278 g/mol. The Morgan fingerprint density at radius 2 is 1.90 bits per heavy atom. The van der Waals surface area contributed by atoms with Gasteiger partial charge < -0.3 is 10.0 Å². The molecule has 1 aromatic rings. The lowest BCUT2D eigenvalue weighted by molar-refractivity contribution is 0.101. The van der Waals surface area contributed by atoms with E-state index in [0.29, 0.717) is 12.1 Å². The zero-order chi connectivity index (χ0) is 15.1. The molecule has 112 valence electrons. The summed E-state index contributed by atoms with van der Waals surface area (Å²) in [5.74, 6) is 0.294. The van der Waals surface area contributed by atoms with Gasteiger partial charge in [0.05, 0.1) is 0 Å². The number of aromatic hydroxyl groups is 1. The topological polar surface area (TPSA) is 43.8 Å². The molecule has 0 spiro atoms. The molecule has 0 saturated carbocycles. The molecule has 0 fully saturated rings. The first-order valence-electron chi connectivity index (χ1n) is 7.14. The molecule has 1 N–H and O–H groups in total. The van der Waals surface area contributed by atoms with E-state index in [2.05, 4.69) is 30.8 Å². The maximum atomic E-state index is 11.4. The van der Waals surface area contributed by atoms with Crippen molar-refractivity contribution in [3.05, 3.63) is 29.3 Å². The molecule has 0 amide bonds. The number of Topliss-reactive ketones (excluding diaryl/α,β-unsaturated/α-hetero) is 1. The molecular formula is C16H26N2O2. The highest BCUT2D eigenvalue weighted by Crippen LogP contribution is 2.20. The molecule has 4 nitrogen and oxygen atoms in total. The van der Waals surface area contributed by atoms with Crippen LogP contribution in [0.15, 0.2) is 18.2 Å². The van der Waals surface area contributed by atoms with Gasteiger partial charge in [0.1, 0.15) is 5.75 Å². The van der Waals surface area contributed by atoms with Crippen LogP contribution in [0.5, 0.6) is 5.75 Å². The molecular weight excluding hydrogens is 252 g/mol. The van der Waals surface area contributed by atoms with Crippen LogP contribution in [0.4, 0.5) is 0 Å². The fourth-order valence-corrected chi connectivity index (χ4v) is 2.10. The van der Waals surface area contributed by atoms with Crippen molar-refractivity contribution in [3.8, 4) is 5.75 Å². The van der Waals surface area contributed by atoms with Gasteiger partial charge in [0.2, 0.25) is 0 Å². The number of hydrogen-bond acceptors (Lipinski definition) is 4. The summed E-state index contributed by atoms with van der Waals surface area (Å²) in [7, 11) is 4.11. The highest BCUT2D eigenvalue weighted by Gasteiger charge is 2.11. The minimum absolute atomic E-state index is 0.0292. The van der Waals surface area contributed by atoms with Gasteiger partial charge in [-0.1, -0.05) is 6.92 Å². The number of phenols is 1. The van der Waals surface area contributed by atoms with Crippen LogP contribution in [0.3, 0.4) is 0 Å². The largest absolute Gasteiger partial charge is 0.508 e. The lowest BCUT2D eigenvalue weighted by Crippen LogP contribution is -2.32. The van der Waals surface area contributed by atoms with Crippen LogP contribution in [0.1, 0.15) is 36.2 Å². The molecule has 0 saturated heterocycles. The van der Waals surface area contributed by atoms with Crippen molar-refractivity contribution in [2.24, 2.45) is 0 Å². The Hall–Kier alpha value is -1.39. The first-order chi connectivity index (χ1) is 9.43. The minimum atomic E-state index is 0.0292. The number of carbonyl (C=O) groups excluding carboxylic acids is 1. The number of hydrogen-bond donors (Lipinski definition) is 1. The summed E-state index contributed by atoms with van der Waals surface area (Å²) in [6.45, 7) is 7.28. The number of rotatable bonds is 8. The van der Waals surface area contributed by atoms with Gasteiger partial charge in [-0.15, -0.1) is 0 Å². The smallest absolute Gasteiger partial charge is 0.159 e. The minimum Gasteiger partial charge on any atom is -0.508 e. The highest BCUT2D eigenvalue weighted by molar-refractivity contribution is 5.94. The SMILES string of the molecule is CCCN(CCN(C)C)Cc1cc(C(C)=O)ccc1O. The Labute approximate surface area is 122 Å². The second kappa shape index (κ2) is 8.02. The first kappa shape index (κ1) is 16.7. The van der Waals surface area contributed by atoms with E-state index in [0.717, 1.165) is 31.6 Å². The predicted molar refractivity (Wildman–Crippen MR) is 82.2 cm³/mol. The van der Waals surface area contributed by atoms with Crippen molar-refractivity contribution in [1.29, 1.82) is 0 Å². The van der Waals surface area contributed by atoms with E-state index in [-0.39, 0.29) is 11.5 Å². The predicted octanol–water partition coefficient (Wildman–Crippen LogP) is 2.37. The second-order valence-electron chi connectivity index (χ2n) is 5.48. The number of ketones is 1. The molecule has 0 aliphatic rings. The van der Waals surface area contributed by atoms with E-state index in [1.54, 1.807) is 25.1 Å². The zero-order valence-electron chi connectivity index (χ0n) is 13.0. The molecule has 1 aromatic carbocycles. The summed E-state index contributed by atoms with van der Waals surface area (Å²) < 4.78 is 0. The monoisotopic (exact) mass is 278 g/mol. The molecule has 4 heteroatoms. The summed E-state index contributed by atoms with van der Waals surface area (Å²) >= 11 is 0. The summed E-state index contributed by atoms with van der Waals surface area (Å²) in [5, 5.41) is 9.96. The van der Waals surface area contributed by atoms with Crippen LogP contribution < -0.4 is 0 Å². The fourth-order valence-electron chi connectivity index (χ4n) is 2.10. The van der Waals surface area contributed by atoms with E-state index in [4.69, 9.17) is 0 Å². The normalized spacial score (nSPS) is 11.3. The highest BCUT2D eigenvalue weighted by atomic mass is 16.3. The number of benzene rings is 1. The first-order valence-corrected chi connectivity index (χ1v) is 7.14.